The van der Waals surface area contributed by atoms with Crippen LogP contribution in [0, 0.1) is 0 Å². The third-order valence-corrected chi connectivity index (χ3v) is 2.57. The molecular weight excluding hydrogens is 190 g/mol. The lowest BCUT2D eigenvalue weighted by Gasteiger charge is -2.20. The number of anilines is 1. The van der Waals surface area contributed by atoms with Gasteiger partial charge in [0.25, 0.3) is 0 Å². The molecule has 2 rings (SSSR count). The number of carbonyl (C=O) groups excluding carboxylic acids is 1. The Hall–Kier alpha value is -1.55. The quantitative estimate of drug-likeness (QED) is 0.763. The van der Waals surface area contributed by atoms with E-state index in [1.807, 2.05) is 31.2 Å². The third kappa shape index (κ3) is 1.80. The lowest BCUT2D eigenvalue weighted by molar-refractivity contribution is 0.252. The van der Waals surface area contributed by atoms with Crippen molar-refractivity contribution < 1.29 is 4.79 Å². The molecular formula is C11H15N3O. The van der Waals surface area contributed by atoms with Crippen molar-refractivity contribution in [2.75, 3.05) is 18.0 Å². The first-order chi connectivity index (χ1) is 7.20. The zero-order valence-electron chi connectivity index (χ0n) is 8.73. The lowest BCUT2D eigenvalue weighted by Crippen LogP contribution is -2.29. The Morgan fingerprint density at radius 1 is 1.47 bits per heavy atom. The summed E-state index contributed by atoms with van der Waals surface area (Å²) in [4.78, 5) is 13.3. The minimum atomic E-state index is -0.0606. The van der Waals surface area contributed by atoms with E-state index in [4.69, 9.17) is 5.73 Å². The minimum Gasteiger partial charge on any atom is -0.336 e. The predicted molar refractivity (Wildman–Crippen MR) is 59.8 cm³/mol. The lowest BCUT2D eigenvalue weighted by atomic mass is 10.1. The number of rotatable bonds is 2. The zero-order valence-corrected chi connectivity index (χ0v) is 8.73. The van der Waals surface area contributed by atoms with Gasteiger partial charge in [-0.05, 0) is 18.6 Å². The maximum absolute atomic E-state index is 11.5. The van der Waals surface area contributed by atoms with Gasteiger partial charge in [-0.2, -0.15) is 0 Å². The Morgan fingerprint density at radius 2 is 2.20 bits per heavy atom. The van der Waals surface area contributed by atoms with E-state index in [2.05, 4.69) is 5.32 Å². The number of amides is 2. The van der Waals surface area contributed by atoms with Gasteiger partial charge in [-0.25, -0.2) is 4.79 Å². The summed E-state index contributed by atoms with van der Waals surface area (Å²) in [5, 5.41) is 2.78. The highest BCUT2D eigenvalue weighted by molar-refractivity contribution is 5.94. The first-order valence-electron chi connectivity index (χ1n) is 5.10. The SMILES string of the molecule is CC(N)c1ccccc1N1CCNC1=O. The molecule has 0 spiro atoms. The number of hydrogen-bond donors (Lipinski definition) is 2. The van der Waals surface area contributed by atoms with Crippen molar-refractivity contribution in [2.24, 2.45) is 5.73 Å². The average Bonchev–Trinajstić information content (AvgIpc) is 2.64. The van der Waals surface area contributed by atoms with E-state index >= 15 is 0 Å². The van der Waals surface area contributed by atoms with Crippen molar-refractivity contribution in [1.29, 1.82) is 0 Å². The molecule has 4 heteroatoms. The molecule has 80 valence electrons. The van der Waals surface area contributed by atoms with E-state index < -0.39 is 0 Å². The number of urea groups is 1. The normalized spacial score (nSPS) is 17.7. The van der Waals surface area contributed by atoms with Crippen molar-refractivity contribution in [2.45, 2.75) is 13.0 Å². The van der Waals surface area contributed by atoms with Crippen LogP contribution in [-0.2, 0) is 0 Å². The van der Waals surface area contributed by atoms with Gasteiger partial charge in [0.1, 0.15) is 0 Å². The third-order valence-electron chi connectivity index (χ3n) is 2.57. The molecule has 0 radical (unpaired) electrons. The summed E-state index contributed by atoms with van der Waals surface area (Å²) in [6.45, 7) is 3.33. The standard InChI is InChI=1S/C11H15N3O/c1-8(12)9-4-2-3-5-10(9)14-7-6-13-11(14)15/h2-5,8H,6-7,12H2,1H3,(H,13,15). The number of carbonyl (C=O) groups is 1. The molecule has 1 heterocycles. The molecule has 0 aromatic heterocycles. The second kappa shape index (κ2) is 3.90. The summed E-state index contributed by atoms with van der Waals surface area (Å²) in [5.41, 5.74) is 7.80. The molecule has 1 aromatic rings. The summed E-state index contributed by atoms with van der Waals surface area (Å²) in [7, 11) is 0. The molecule has 1 atom stereocenters. The fraction of sp³-hybridized carbons (Fsp3) is 0.364. The van der Waals surface area contributed by atoms with Crippen LogP contribution in [0.2, 0.25) is 0 Å². The van der Waals surface area contributed by atoms with Crippen molar-refractivity contribution in [1.82, 2.24) is 5.32 Å². The monoisotopic (exact) mass is 205 g/mol. The van der Waals surface area contributed by atoms with Gasteiger partial charge in [0.05, 0.1) is 5.69 Å². The highest BCUT2D eigenvalue weighted by Gasteiger charge is 2.23. The number of nitrogens with two attached hydrogens (primary N) is 1. The Bertz CT molecular complexity index is 376. The van der Waals surface area contributed by atoms with Gasteiger partial charge < -0.3 is 11.1 Å². The van der Waals surface area contributed by atoms with Crippen LogP contribution in [0.3, 0.4) is 0 Å². The molecule has 0 bridgehead atoms. The molecule has 1 saturated heterocycles. The maximum Gasteiger partial charge on any atom is 0.322 e. The van der Waals surface area contributed by atoms with E-state index in [-0.39, 0.29) is 12.1 Å². The molecule has 1 aliphatic heterocycles. The van der Waals surface area contributed by atoms with Gasteiger partial charge in [0.15, 0.2) is 0 Å². The molecule has 1 aliphatic rings. The van der Waals surface area contributed by atoms with Crippen molar-refractivity contribution in [3.63, 3.8) is 0 Å². The van der Waals surface area contributed by atoms with Crippen LogP contribution in [-0.4, -0.2) is 19.1 Å². The topological polar surface area (TPSA) is 58.4 Å². The van der Waals surface area contributed by atoms with Crippen molar-refractivity contribution >= 4 is 11.7 Å². The molecule has 1 fully saturated rings. The molecule has 1 aromatic carbocycles. The smallest absolute Gasteiger partial charge is 0.322 e. The number of nitrogens with zero attached hydrogens (tertiary/aromatic N) is 1. The fourth-order valence-corrected chi connectivity index (χ4v) is 1.82. The molecule has 15 heavy (non-hydrogen) atoms. The van der Waals surface area contributed by atoms with E-state index in [0.29, 0.717) is 13.1 Å². The van der Waals surface area contributed by atoms with Crippen LogP contribution in [0.5, 0.6) is 0 Å². The molecule has 0 saturated carbocycles. The number of hydrogen-bond acceptors (Lipinski definition) is 2. The minimum absolute atomic E-state index is 0.0388. The molecule has 2 amide bonds. The van der Waals surface area contributed by atoms with Crippen LogP contribution in [0.25, 0.3) is 0 Å². The van der Waals surface area contributed by atoms with Gasteiger partial charge in [-0.15, -0.1) is 0 Å². The second-order valence-electron chi connectivity index (χ2n) is 3.73. The average molecular weight is 205 g/mol. The van der Waals surface area contributed by atoms with Gasteiger partial charge >= 0.3 is 6.03 Å². The van der Waals surface area contributed by atoms with Crippen molar-refractivity contribution in [3.05, 3.63) is 29.8 Å². The van der Waals surface area contributed by atoms with Gasteiger partial charge in [-0.3, -0.25) is 4.90 Å². The van der Waals surface area contributed by atoms with Crippen LogP contribution < -0.4 is 16.0 Å². The Labute approximate surface area is 89.1 Å². The van der Waals surface area contributed by atoms with Crippen LogP contribution in [0.4, 0.5) is 10.5 Å². The summed E-state index contributed by atoms with van der Waals surface area (Å²) < 4.78 is 0. The second-order valence-corrected chi connectivity index (χ2v) is 3.73. The van der Waals surface area contributed by atoms with Crippen molar-refractivity contribution in [3.8, 4) is 0 Å². The summed E-state index contributed by atoms with van der Waals surface area (Å²) in [5.74, 6) is 0. The predicted octanol–water partition coefficient (Wildman–Crippen LogP) is 1.24. The Kier molecular flexibility index (Phi) is 2.60. The van der Waals surface area contributed by atoms with Gasteiger partial charge in [-0.1, -0.05) is 18.2 Å². The molecule has 0 aliphatic carbocycles. The number of nitrogens with one attached hydrogen (secondary N) is 1. The van der Waals surface area contributed by atoms with Gasteiger partial charge in [0.2, 0.25) is 0 Å². The first kappa shape index (κ1) is 9.98. The maximum atomic E-state index is 11.5. The van der Waals surface area contributed by atoms with Gasteiger partial charge in [0, 0.05) is 19.1 Å². The van der Waals surface area contributed by atoms with Crippen LogP contribution >= 0.6 is 0 Å². The summed E-state index contributed by atoms with van der Waals surface area (Å²) >= 11 is 0. The molecule has 3 N–H and O–H groups in total. The Balaban J connectivity index is 2.38. The zero-order chi connectivity index (χ0) is 10.8. The summed E-state index contributed by atoms with van der Waals surface area (Å²) in [6.07, 6.45) is 0. The van der Waals surface area contributed by atoms with Crippen LogP contribution in [0.1, 0.15) is 18.5 Å². The summed E-state index contributed by atoms with van der Waals surface area (Å²) in [6, 6.07) is 7.66. The van der Waals surface area contributed by atoms with E-state index in [0.717, 1.165) is 11.3 Å². The highest BCUT2D eigenvalue weighted by Crippen LogP contribution is 2.25. The first-order valence-corrected chi connectivity index (χ1v) is 5.10. The fourth-order valence-electron chi connectivity index (χ4n) is 1.82. The van der Waals surface area contributed by atoms with E-state index in [1.54, 1.807) is 4.90 Å². The molecule has 4 nitrogen and oxygen atoms in total. The molecule has 1 unspecified atom stereocenters. The highest BCUT2D eigenvalue weighted by atomic mass is 16.2. The van der Waals surface area contributed by atoms with Crippen LogP contribution in [0.15, 0.2) is 24.3 Å². The largest absolute Gasteiger partial charge is 0.336 e. The Morgan fingerprint density at radius 3 is 2.80 bits per heavy atom. The number of para-hydroxylation sites is 1. The van der Waals surface area contributed by atoms with E-state index in [9.17, 15) is 4.79 Å². The van der Waals surface area contributed by atoms with E-state index in [1.165, 1.54) is 0 Å². The number of benzene rings is 1.